The minimum atomic E-state index is 0.0987. The van der Waals surface area contributed by atoms with Gasteiger partial charge >= 0.3 is 0 Å². The second-order valence-corrected chi connectivity index (χ2v) is 3.49. The average molecular weight is 207 g/mol. The van der Waals surface area contributed by atoms with E-state index in [2.05, 4.69) is 20.6 Å². The molecule has 15 heavy (non-hydrogen) atoms. The maximum atomic E-state index is 10.9. The number of rotatable bonds is 2. The summed E-state index contributed by atoms with van der Waals surface area (Å²) in [6.07, 6.45) is 2.94. The summed E-state index contributed by atoms with van der Waals surface area (Å²) in [7, 11) is 0. The van der Waals surface area contributed by atoms with Gasteiger partial charge in [-0.1, -0.05) is 0 Å². The summed E-state index contributed by atoms with van der Waals surface area (Å²) in [5.74, 6) is 1.05. The summed E-state index contributed by atoms with van der Waals surface area (Å²) < 4.78 is 0. The van der Waals surface area contributed by atoms with Crippen LogP contribution in [0, 0.1) is 0 Å². The predicted molar refractivity (Wildman–Crippen MR) is 56.1 cm³/mol. The smallest absolute Gasteiger partial charge is 0.224 e. The summed E-state index contributed by atoms with van der Waals surface area (Å²) in [5.41, 5.74) is 5.52. The molecular weight excluding hydrogens is 194 g/mol. The fraction of sp³-hybridized carbons (Fsp3) is 0.444. The first-order valence-electron chi connectivity index (χ1n) is 4.86. The molecule has 1 fully saturated rings. The second-order valence-electron chi connectivity index (χ2n) is 3.49. The lowest BCUT2D eigenvalue weighted by Gasteiger charge is -2.23. The van der Waals surface area contributed by atoms with Crippen LogP contribution in [-0.2, 0) is 4.79 Å². The third-order valence-corrected chi connectivity index (χ3v) is 2.28. The molecule has 0 bridgehead atoms. The molecule has 1 amide bonds. The molecule has 1 aliphatic heterocycles. The molecule has 0 radical (unpaired) electrons. The van der Waals surface area contributed by atoms with E-state index in [0.717, 1.165) is 6.42 Å². The zero-order valence-corrected chi connectivity index (χ0v) is 8.23. The number of nitrogens with zero attached hydrogens (tertiary/aromatic N) is 2. The molecule has 0 aromatic carbocycles. The molecule has 1 unspecified atom stereocenters. The van der Waals surface area contributed by atoms with Crippen LogP contribution in [0.5, 0.6) is 0 Å². The maximum absolute atomic E-state index is 10.9. The van der Waals surface area contributed by atoms with E-state index < -0.39 is 0 Å². The number of carbonyl (C=O) groups is 1. The van der Waals surface area contributed by atoms with Crippen molar-refractivity contribution < 1.29 is 4.79 Å². The van der Waals surface area contributed by atoms with Gasteiger partial charge in [-0.25, -0.2) is 4.98 Å². The first-order chi connectivity index (χ1) is 7.24. The van der Waals surface area contributed by atoms with Gasteiger partial charge in [-0.3, -0.25) is 4.79 Å². The molecule has 4 N–H and O–H groups in total. The minimum Gasteiger partial charge on any atom is -0.384 e. The van der Waals surface area contributed by atoms with Crippen molar-refractivity contribution in [2.45, 2.75) is 18.9 Å². The van der Waals surface area contributed by atoms with Gasteiger partial charge in [0, 0.05) is 25.2 Å². The summed E-state index contributed by atoms with van der Waals surface area (Å²) in [4.78, 5) is 19.0. The molecule has 6 nitrogen and oxygen atoms in total. The van der Waals surface area contributed by atoms with Gasteiger partial charge in [0.25, 0.3) is 0 Å². The molecule has 0 aliphatic carbocycles. The number of hydrogen-bond donors (Lipinski definition) is 3. The lowest BCUT2D eigenvalue weighted by atomic mass is 10.1. The van der Waals surface area contributed by atoms with Crippen LogP contribution in [-0.4, -0.2) is 28.5 Å². The Hall–Kier alpha value is -1.85. The molecule has 1 aromatic rings. The number of hydrogen-bond acceptors (Lipinski definition) is 5. The van der Waals surface area contributed by atoms with E-state index in [1.54, 1.807) is 12.3 Å². The van der Waals surface area contributed by atoms with Gasteiger partial charge in [0.1, 0.15) is 5.82 Å². The standard InChI is InChI=1S/C9H13N5O/c10-7-3-4-11-9(14-7)13-6-1-2-8(15)12-5-6/h3-4,6H,1-2,5H2,(H,12,15)(H3,10,11,13,14). The average Bonchev–Trinajstić information content (AvgIpc) is 2.22. The van der Waals surface area contributed by atoms with Crippen LogP contribution in [0.15, 0.2) is 12.3 Å². The van der Waals surface area contributed by atoms with Crippen LogP contribution in [0.4, 0.5) is 11.8 Å². The number of amides is 1. The summed E-state index contributed by atoms with van der Waals surface area (Å²) in [6.45, 7) is 0.608. The number of piperidine rings is 1. The monoisotopic (exact) mass is 207 g/mol. The minimum absolute atomic E-state index is 0.0987. The zero-order chi connectivity index (χ0) is 10.7. The molecule has 2 heterocycles. The first-order valence-corrected chi connectivity index (χ1v) is 4.86. The molecule has 0 saturated carbocycles. The van der Waals surface area contributed by atoms with Gasteiger partial charge in [-0.05, 0) is 12.5 Å². The van der Waals surface area contributed by atoms with E-state index in [1.165, 1.54) is 0 Å². The Kier molecular flexibility index (Phi) is 2.66. The third-order valence-electron chi connectivity index (χ3n) is 2.28. The van der Waals surface area contributed by atoms with Crippen LogP contribution in [0.3, 0.4) is 0 Å². The van der Waals surface area contributed by atoms with E-state index >= 15 is 0 Å². The highest BCUT2D eigenvalue weighted by Crippen LogP contribution is 2.09. The van der Waals surface area contributed by atoms with Gasteiger partial charge in [0.2, 0.25) is 11.9 Å². The number of nitrogens with one attached hydrogen (secondary N) is 2. The van der Waals surface area contributed by atoms with E-state index in [4.69, 9.17) is 5.73 Å². The van der Waals surface area contributed by atoms with Crippen molar-refractivity contribution in [3.05, 3.63) is 12.3 Å². The topological polar surface area (TPSA) is 92.9 Å². The summed E-state index contributed by atoms with van der Waals surface area (Å²) in [6, 6.07) is 1.82. The Morgan fingerprint density at radius 1 is 1.60 bits per heavy atom. The molecule has 0 spiro atoms. The van der Waals surface area contributed by atoms with Crippen molar-refractivity contribution in [1.82, 2.24) is 15.3 Å². The maximum Gasteiger partial charge on any atom is 0.224 e. The van der Waals surface area contributed by atoms with Crippen LogP contribution in [0.1, 0.15) is 12.8 Å². The fourth-order valence-corrected chi connectivity index (χ4v) is 1.48. The van der Waals surface area contributed by atoms with Gasteiger partial charge in [-0.2, -0.15) is 4.98 Å². The van der Waals surface area contributed by atoms with Gasteiger partial charge in [0.15, 0.2) is 0 Å². The largest absolute Gasteiger partial charge is 0.384 e. The molecule has 2 rings (SSSR count). The molecule has 1 saturated heterocycles. The Morgan fingerprint density at radius 2 is 2.47 bits per heavy atom. The highest BCUT2D eigenvalue weighted by molar-refractivity contribution is 5.76. The Bertz CT molecular complexity index is 357. The van der Waals surface area contributed by atoms with Crippen LogP contribution >= 0.6 is 0 Å². The van der Waals surface area contributed by atoms with E-state index in [9.17, 15) is 4.79 Å². The van der Waals surface area contributed by atoms with E-state index in [0.29, 0.717) is 24.7 Å². The Morgan fingerprint density at radius 3 is 3.13 bits per heavy atom. The van der Waals surface area contributed by atoms with Crippen molar-refractivity contribution in [3.8, 4) is 0 Å². The van der Waals surface area contributed by atoms with Crippen molar-refractivity contribution in [2.75, 3.05) is 17.6 Å². The number of anilines is 2. The molecule has 6 heteroatoms. The van der Waals surface area contributed by atoms with Crippen LogP contribution < -0.4 is 16.4 Å². The van der Waals surface area contributed by atoms with Crippen molar-refractivity contribution in [1.29, 1.82) is 0 Å². The summed E-state index contributed by atoms with van der Waals surface area (Å²) in [5, 5.41) is 5.90. The quantitative estimate of drug-likeness (QED) is 0.621. The van der Waals surface area contributed by atoms with Crippen molar-refractivity contribution in [2.24, 2.45) is 0 Å². The predicted octanol–water partition coefficient (Wildman–Crippen LogP) is -0.251. The van der Waals surface area contributed by atoms with Crippen molar-refractivity contribution >= 4 is 17.7 Å². The number of carbonyl (C=O) groups excluding carboxylic acids is 1. The second kappa shape index (κ2) is 4.12. The van der Waals surface area contributed by atoms with Gasteiger partial charge in [-0.15, -0.1) is 0 Å². The number of aromatic nitrogens is 2. The highest BCUT2D eigenvalue weighted by atomic mass is 16.1. The lowest BCUT2D eigenvalue weighted by molar-refractivity contribution is -0.122. The highest BCUT2D eigenvalue weighted by Gasteiger charge is 2.18. The van der Waals surface area contributed by atoms with E-state index in [1.807, 2.05) is 0 Å². The van der Waals surface area contributed by atoms with Crippen molar-refractivity contribution in [3.63, 3.8) is 0 Å². The SMILES string of the molecule is Nc1ccnc(NC2CCC(=O)NC2)n1. The molecule has 1 atom stereocenters. The zero-order valence-electron chi connectivity index (χ0n) is 8.23. The molecular formula is C9H13N5O. The number of nitrogens with two attached hydrogens (primary N) is 1. The summed E-state index contributed by atoms with van der Waals surface area (Å²) >= 11 is 0. The molecule has 1 aliphatic rings. The third kappa shape index (κ3) is 2.55. The Labute approximate surface area is 87.3 Å². The Balaban J connectivity index is 1.94. The lowest BCUT2D eigenvalue weighted by Crippen LogP contribution is -2.42. The van der Waals surface area contributed by atoms with Gasteiger partial charge < -0.3 is 16.4 Å². The van der Waals surface area contributed by atoms with Crippen LogP contribution in [0.2, 0.25) is 0 Å². The molecule has 80 valence electrons. The van der Waals surface area contributed by atoms with Crippen LogP contribution in [0.25, 0.3) is 0 Å². The first kappa shape index (κ1) is 9.70. The van der Waals surface area contributed by atoms with Gasteiger partial charge in [0.05, 0.1) is 0 Å². The van der Waals surface area contributed by atoms with E-state index in [-0.39, 0.29) is 11.9 Å². The molecule has 1 aromatic heterocycles. The normalized spacial score (nSPS) is 20.8. The fourth-order valence-electron chi connectivity index (χ4n) is 1.48. The number of nitrogen functional groups attached to an aromatic ring is 1.